The van der Waals surface area contributed by atoms with Crippen LogP contribution in [0.3, 0.4) is 0 Å². The third kappa shape index (κ3) is 5.20. The Hall–Kier alpha value is -5.03. The molecule has 3 N–H and O–H groups in total. The molecule has 0 fully saturated rings. The molecule has 0 aliphatic rings. The summed E-state index contributed by atoms with van der Waals surface area (Å²) in [5.41, 5.74) is 3.90. The molecule has 39 heavy (non-hydrogen) atoms. The van der Waals surface area contributed by atoms with Gasteiger partial charge in [-0.15, -0.1) is 0 Å². The van der Waals surface area contributed by atoms with Crippen molar-refractivity contribution in [3.05, 3.63) is 93.7 Å². The number of nitrogens with zero attached hydrogens (tertiary/aromatic N) is 2. The van der Waals surface area contributed by atoms with Crippen molar-refractivity contribution in [3.63, 3.8) is 0 Å². The van der Waals surface area contributed by atoms with Gasteiger partial charge in [-0.25, -0.2) is 4.98 Å². The Morgan fingerprint density at radius 3 is 2.64 bits per heavy atom. The summed E-state index contributed by atoms with van der Waals surface area (Å²) in [5.74, 6) is -0.285. The van der Waals surface area contributed by atoms with Crippen LogP contribution in [0.4, 0.5) is 11.4 Å². The van der Waals surface area contributed by atoms with Gasteiger partial charge in [0.25, 0.3) is 11.6 Å². The van der Waals surface area contributed by atoms with E-state index in [9.17, 15) is 20.0 Å². The third-order valence-corrected chi connectivity index (χ3v) is 6.28. The molecule has 0 radical (unpaired) electrons. The van der Waals surface area contributed by atoms with Crippen molar-refractivity contribution in [3.8, 4) is 28.5 Å². The lowest BCUT2D eigenvalue weighted by Crippen LogP contribution is -2.33. The number of aromatic hydroxyl groups is 1. The van der Waals surface area contributed by atoms with Gasteiger partial charge in [0, 0.05) is 11.8 Å². The monoisotopic (exact) mass is 542 g/mol. The largest absolute Gasteiger partial charge is 0.507 e. The smallest absolute Gasteiger partial charge is 0.293 e. The van der Waals surface area contributed by atoms with E-state index in [-0.39, 0.29) is 39.5 Å². The van der Waals surface area contributed by atoms with Crippen molar-refractivity contribution in [2.75, 3.05) is 5.32 Å². The van der Waals surface area contributed by atoms with E-state index in [1.54, 1.807) is 31.2 Å². The Bertz CT molecular complexity index is 1760. The van der Waals surface area contributed by atoms with E-state index in [4.69, 9.17) is 21.1 Å². The number of anilines is 1. The highest BCUT2D eigenvalue weighted by atomic mass is 32.1. The van der Waals surface area contributed by atoms with Crippen molar-refractivity contribution in [1.82, 2.24) is 10.3 Å². The Labute approximate surface area is 227 Å². The highest BCUT2D eigenvalue weighted by Crippen LogP contribution is 2.36. The van der Waals surface area contributed by atoms with E-state index < -0.39 is 10.8 Å². The minimum atomic E-state index is -0.640. The molecule has 5 rings (SSSR count). The summed E-state index contributed by atoms with van der Waals surface area (Å²) in [6, 6.07) is 18.0. The minimum absolute atomic E-state index is 0.0101. The van der Waals surface area contributed by atoms with E-state index in [1.165, 1.54) is 24.3 Å². The van der Waals surface area contributed by atoms with Gasteiger partial charge in [-0.3, -0.25) is 20.2 Å². The quantitative estimate of drug-likeness (QED) is 0.0965. The number of phenols is 1. The Morgan fingerprint density at radius 1 is 1.08 bits per heavy atom. The molecule has 0 aliphatic heterocycles. The molecule has 0 bridgehead atoms. The number of carbonyl (C=O) groups is 1. The molecule has 3 aromatic carbocycles. The van der Waals surface area contributed by atoms with Crippen LogP contribution in [0.5, 0.6) is 5.75 Å². The van der Waals surface area contributed by atoms with E-state index in [2.05, 4.69) is 15.6 Å². The Balaban J connectivity index is 1.33. The van der Waals surface area contributed by atoms with Gasteiger partial charge in [0.1, 0.15) is 17.0 Å². The van der Waals surface area contributed by atoms with Crippen LogP contribution in [0.2, 0.25) is 0 Å². The third-order valence-electron chi connectivity index (χ3n) is 6.07. The van der Waals surface area contributed by atoms with Crippen LogP contribution < -0.4 is 10.6 Å². The number of hydrogen-bond acceptors (Lipinski definition) is 8. The summed E-state index contributed by atoms with van der Waals surface area (Å²) in [7, 11) is 0. The number of oxazole rings is 1. The van der Waals surface area contributed by atoms with Crippen molar-refractivity contribution in [2.24, 2.45) is 0 Å². The second-order valence-electron chi connectivity index (χ2n) is 8.71. The lowest BCUT2D eigenvalue weighted by molar-refractivity contribution is -0.384. The Morgan fingerprint density at radius 2 is 1.87 bits per heavy atom. The first-order valence-corrected chi connectivity index (χ1v) is 12.3. The molecule has 196 valence electrons. The van der Waals surface area contributed by atoms with Crippen molar-refractivity contribution >= 4 is 45.7 Å². The number of nitrogens with one attached hydrogen (secondary N) is 2. The van der Waals surface area contributed by atoms with Crippen LogP contribution >= 0.6 is 12.2 Å². The van der Waals surface area contributed by atoms with Crippen LogP contribution in [0.1, 0.15) is 28.6 Å². The van der Waals surface area contributed by atoms with Gasteiger partial charge in [0.2, 0.25) is 5.89 Å². The van der Waals surface area contributed by atoms with Crippen LogP contribution in [0.15, 0.2) is 75.6 Å². The Kier molecular flexibility index (Phi) is 6.82. The maximum atomic E-state index is 12.7. The second kappa shape index (κ2) is 10.4. The number of fused-ring (bicyclic) bond motifs is 1. The van der Waals surface area contributed by atoms with Gasteiger partial charge in [0.05, 0.1) is 16.1 Å². The predicted octanol–water partition coefficient (Wildman–Crippen LogP) is 6.37. The maximum absolute atomic E-state index is 12.7. The van der Waals surface area contributed by atoms with E-state index >= 15 is 0 Å². The first-order chi connectivity index (χ1) is 18.7. The fourth-order valence-electron chi connectivity index (χ4n) is 4.10. The number of aromatic nitrogens is 1. The molecule has 2 heterocycles. The molecular weight excluding hydrogens is 520 g/mol. The standard InChI is InChI=1S/C28H22N4O6S/c1-3-16-8-9-23-20(13-16)30-27(38-23)19-14-17(12-15(2)25(19)33)29-28(39)31-26(34)24-11-10-22(37-24)18-6-4-5-7-21(18)32(35)36/h4-14,33H,3H2,1-2H3,(H2,29,31,34,39). The van der Waals surface area contributed by atoms with E-state index in [0.29, 0.717) is 27.9 Å². The summed E-state index contributed by atoms with van der Waals surface area (Å²) in [5, 5.41) is 27.4. The fourth-order valence-corrected chi connectivity index (χ4v) is 4.31. The highest BCUT2D eigenvalue weighted by molar-refractivity contribution is 7.80. The molecule has 10 nitrogen and oxygen atoms in total. The van der Waals surface area contributed by atoms with Gasteiger partial charge < -0.3 is 19.3 Å². The van der Waals surface area contributed by atoms with Crippen molar-refractivity contribution in [1.29, 1.82) is 0 Å². The molecule has 1 amide bonds. The fraction of sp³-hybridized carbons (Fsp3) is 0.107. The number of nitro benzene ring substituents is 1. The number of thiocarbonyl (C=S) groups is 1. The first-order valence-electron chi connectivity index (χ1n) is 11.9. The molecule has 0 unspecified atom stereocenters. The van der Waals surface area contributed by atoms with Crippen molar-refractivity contribution in [2.45, 2.75) is 20.3 Å². The number of phenolic OH excluding ortho intramolecular Hbond substituents is 1. The number of amides is 1. The number of hydrogen-bond donors (Lipinski definition) is 3. The average Bonchev–Trinajstić information content (AvgIpc) is 3.57. The number of carbonyl (C=O) groups excluding carboxylic acids is 1. The molecule has 0 aliphatic carbocycles. The van der Waals surface area contributed by atoms with Gasteiger partial charge in [-0.1, -0.05) is 25.1 Å². The topological polar surface area (TPSA) is 144 Å². The number of para-hydroxylation sites is 1. The highest BCUT2D eigenvalue weighted by Gasteiger charge is 2.20. The van der Waals surface area contributed by atoms with Crippen LogP contribution in [0.25, 0.3) is 33.9 Å². The van der Waals surface area contributed by atoms with Crippen LogP contribution in [0, 0.1) is 17.0 Å². The average molecular weight is 543 g/mol. The first kappa shape index (κ1) is 25.6. The summed E-state index contributed by atoms with van der Waals surface area (Å²) in [4.78, 5) is 28.1. The molecule has 0 saturated carbocycles. The van der Waals surface area contributed by atoms with Gasteiger partial charge in [-0.2, -0.15) is 0 Å². The van der Waals surface area contributed by atoms with Crippen LogP contribution in [-0.4, -0.2) is 26.0 Å². The van der Waals surface area contributed by atoms with Gasteiger partial charge in [-0.05, 0) is 79.2 Å². The molecule has 0 atom stereocenters. The maximum Gasteiger partial charge on any atom is 0.293 e. The summed E-state index contributed by atoms with van der Waals surface area (Å²) in [6.07, 6.45) is 0.858. The zero-order valence-corrected chi connectivity index (χ0v) is 21.7. The summed E-state index contributed by atoms with van der Waals surface area (Å²) < 4.78 is 11.5. The number of nitro groups is 1. The molecule has 11 heteroatoms. The second-order valence-corrected chi connectivity index (χ2v) is 9.12. The zero-order chi connectivity index (χ0) is 27.7. The molecule has 5 aromatic rings. The van der Waals surface area contributed by atoms with Gasteiger partial charge >= 0.3 is 0 Å². The number of benzene rings is 3. The summed E-state index contributed by atoms with van der Waals surface area (Å²) >= 11 is 5.31. The van der Waals surface area contributed by atoms with Gasteiger partial charge in [0.15, 0.2) is 16.5 Å². The lowest BCUT2D eigenvalue weighted by Gasteiger charge is -2.12. The van der Waals surface area contributed by atoms with Crippen molar-refractivity contribution < 1.29 is 23.7 Å². The zero-order valence-electron chi connectivity index (χ0n) is 20.8. The number of rotatable bonds is 6. The molecule has 0 saturated heterocycles. The normalized spacial score (nSPS) is 10.9. The molecular formula is C28H22N4O6S. The van der Waals surface area contributed by atoms with E-state index in [0.717, 1.165) is 12.0 Å². The SMILES string of the molecule is CCc1ccc2oc(-c3cc(NC(=S)NC(=O)c4ccc(-c5ccccc5[N+](=O)[O-])o4)cc(C)c3O)nc2c1. The minimum Gasteiger partial charge on any atom is -0.507 e. The molecule has 2 aromatic heterocycles. The molecule has 0 spiro atoms. The van der Waals surface area contributed by atoms with E-state index in [1.807, 2.05) is 25.1 Å². The predicted molar refractivity (Wildman–Crippen MR) is 150 cm³/mol. The lowest BCUT2D eigenvalue weighted by atomic mass is 10.1. The van der Waals surface area contributed by atoms with Crippen LogP contribution in [-0.2, 0) is 6.42 Å². The number of furan rings is 1. The summed E-state index contributed by atoms with van der Waals surface area (Å²) in [6.45, 7) is 3.77. The number of aryl methyl sites for hydroxylation is 2.